The van der Waals surface area contributed by atoms with Crippen molar-refractivity contribution in [3.63, 3.8) is 0 Å². The third-order valence-corrected chi connectivity index (χ3v) is 5.40. The Morgan fingerprint density at radius 1 is 1.18 bits per heavy atom. The van der Waals surface area contributed by atoms with Crippen LogP contribution in [0.15, 0.2) is 60.0 Å². The van der Waals surface area contributed by atoms with Gasteiger partial charge in [-0.2, -0.15) is 0 Å². The highest BCUT2D eigenvalue weighted by Crippen LogP contribution is 2.20. The maximum Gasteiger partial charge on any atom is 0.257 e. The third-order valence-electron chi connectivity index (χ3n) is 4.53. The molecule has 1 heterocycles. The molecule has 4 nitrogen and oxygen atoms in total. The highest BCUT2D eigenvalue weighted by molar-refractivity contribution is 7.09. The van der Waals surface area contributed by atoms with E-state index in [9.17, 15) is 9.18 Å². The molecule has 0 saturated carbocycles. The van der Waals surface area contributed by atoms with Crippen LogP contribution in [0.3, 0.4) is 0 Å². The summed E-state index contributed by atoms with van der Waals surface area (Å²) in [5, 5.41) is 2.76. The molecule has 6 heteroatoms. The smallest absolute Gasteiger partial charge is 0.257 e. The number of rotatable bonds is 8. The van der Waals surface area contributed by atoms with Gasteiger partial charge in [-0.25, -0.2) is 9.37 Å². The molecule has 0 aliphatic carbocycles. The summed E-state index contributed by atoms with van der Waals surface area (Å²) in [4.78, 5) is 19.2. The van der Waals surface area contributed by atoms with Crippen LogP contribution in [-0.4, -0.2) is 21.8 Å². The highest BCUT2D eigenvalue weighted by Gasteiger charge is 2.24. The predicted octanol–water partition coefficient (Wildman–Crippen LogP) is 5.30. The van der Waals surface area contributed by atoms with Crippen molar-refractivity contribution in [2.75, 3.05) is 0 Å². The zero-order valence-electron chi connectivity index (χ0n) is 16.0. The van der Waals surface area contributed by atoms with E-state index in [0.29, 0.717) is 13.2 Å². The molecule has 1 atom stereocenters. The van der Waals surface area contributed by atoms with Crippen LogP contribution in [0.4, 0.5) is 4.39 Å². The number of nitrogens with zero attached hydrogens (tertiary/aromatic N) is 2. The first-order valence-corrected chi connectivity index (χ1v) is 10.1. The van der Waals surface area contributed by atoms with Crippen molar-refractivity contribution >= 4 is 17.2 Å². The second-order valence-electron chi connectivity index (χ2n) is 6.50. The first-order valence-electron chi connectivity index (χ1n) is 9.25. The minimum Gasteiger partial charge on any atom is -0.486 e. The maximum absolute atomic E-state index is 14.1. The number of hydrogen-bond acceptors (Lipinski definition) is 4. The van der Waals surface area contributed by atoms with Crippen LogP contribution in [0.1, 0.15) is 41.3 Å². The Hall–Kier alpha value is -2.73. The zero-order chi connectivity index (χ0) is 19.9. The lowest BCUT2D eigenvalue weighted by Gasteiger charge is -2.28. The summed E-state index contributed by atoms with van der Waals surface area (Å²) >= 11 is 1.49. The summed E-state index contributed by atoms with van der Waals surface area (Å²) in [6.07, 6.45) is 0.772. The van der Waals surface area contributed by atoms with Gasteiger partial charge in [-0.3, -0.25) is 4.79 Å². The summed E-state index contributed by atoms with van der Waals surface area (Å²) < 4.78 is 19.8. The Bertz CT molecular complexity index is 914. The number of aromatic nitrogens is 1. The lowest BCUT2D eigenvalue weighted by atomic mass is 10.1. The van der Waals surface area contributed by atoms with Gasteiger partial charge in [-0.15, -0.1) is 11.3 Å². The number of halogens is 1. The van der Waals surface area contributed by atoms with E-state index in [2.05, 4.69) is 4.98 Å². The highest BCUT2D eigenvalue weighted by atomic mass is 32.1. The van der Waals surface area contributed by atoms with Crippen LogP contribution in [0.5, 0.6) is 5.75 Å². The molecule has 0 saturated heterocycles. The number of carbonyl (C=O) groups excluding carboxylic acids is 1. The first kappa shape index (κ1) is 20.0. The van der Waals surface area contributed by atoms with Crippen LogP contribution in [0, 0.1) is 5.82 Å². The molecule has 0 N–H and O–H groups in total. The van der Waals surface area contributed by atoms with Crippen molar-refractivity contribution in [3.8, 4) is 5.75 Å². The molecule has 28 heavy (non-hydrogen) atoms. The number of carbonyl (C=O) groups is 1. The van der Waals surface area contributed by atoms with Gasteiger partial charge in [-0.1, -0.05) is 37.3 Å². The van der Waals surface area contributed by atoms with Crippen LogP contribution in [0.25, 0.3) is 0 Å². The average Bonchev–Trinajstić information content (AvgIpc) is 3.18. The summed E-state index contributed by atoms with van der Waals surface area (Å²) in [5.74, 6) is -0.0335. The Morgan fingerprint density at radius 3 is 2.61 bits per heavy atom. The van der Waals surface area contributed by atoms with E-state index in [4.69, 9.17) is 4.74 Å². The molecule has 0 aliphatic heterocycles. The number of para-hydroxylation sites is 1. The number of benzene rings is 2. The first-order chi connectivity index (χ1) is 13.6. The summed E-state index contributed by atoms with van der Waals surface area (Å²) in [6, 6.07) is 15.6. The quantitative estimate of drug-likeness (QED) is 0.517. The van der Waals surface area contributed by atoms with E-state index in [-0.39, 0.29) is 17.5 Å². The van der Waals surface area contributed by atoms with Crippen molar-refractivity contribution in [3.05, 3.63) is 82.1 Å². The SMILES string of the molecule is CC[C@@H](C)N(Cc1csc(COc2ccccc2)n1)C(=O)c1ccccc1F. The van der Waals surface area contributed by atoms with Crippen LogP contribution >= 0.6 is 11.3 Å². The van der Waals surface area contributed by atoms with E-state index in [1.165, 1.54) is 23.5 Å². The molecule has 146 valence electrons. The molecule has 0 unspecified atom stereocenters. The van der Waals surface area contributed by atoms with Gasteiger partial charge in [0.1, 0.15) is 23.2 Å². The standard InChI is InChI=1S/C22H23FN2O2S/c1-3-16(2)25(22(26)19-11-7-8-12-20(19)23)13-17-15-28-21(24-17)14-27-18-9-5-4-6-10-18/h4-12,15-16H,3,13-14H2,1-2H3/t16-/m1/s1. The molecular weight excluding hydrogens is 375 g/mol. The van der Waals surface area contributed by atoms with Crippen LogP contribution in [-0.2, 0) is 13.2 Å². The van der Waals surface area contributed by atoms with E-state index in [0.717, 1.165) is 22.9 Å². The fourth-order valence-electron chi connectivity index (χ4n) is 2.76. The summed E-state index contributed by atoms with van der Waals surface area (Å²) in [6.45, 7) is 4.68. The Kier molecular flexibility index (Phi) is 6.76. The van der Waals surface area contributed by atoms with E-state index < -0.39 is 5.82 Å². The molecule has 0 radical (unpaired) electrons. The molecule has 1 aromatic heterocycles. The molecular formula is C22H23FN2O2S. The summed E-state index contributed by atoms with van der Waals surface area (Å²) in [5.41, 5.74) is 0.868. The second-order valence-corrected chi connectivity index (χ2v) is 7.45. The Morgan fingerprint density at radius 2 is 1.89 bits per heavy atom. The molecule has 0 aliphatic rings. The number of amides is 1. The van der Waals surface area contributed by atoms with Gasteiger partial charge in [0, 0.05) is 11.4 Å². The number of ether oxygens (including phenoxy) is 1. The number of hydrogen-bond donors (Lipinski definition) is 0. The molecule has 0 bridgehead atoms. The maximum atomic E-state index is 14.1. The van der Waals surface area contributed by atoms with E-state index in [1.807, 2.05) is 49.6 Å². The van der Waals surface area contributed by atoms with Gasteiger partial charge in [0.05, 0.1) is 17.8 Å². The van der Waals surface area contributed by atoms with Gasteiger partial charge in [0.2, 0.25) is 0 Å². The monoisotopic (exact) mass is 398 g/mol. The average molecular weight is 399 g/mol. The summed E-state index contributed by atoms with van der Waals surface area (Å²) in [7, 11) is 0. The fourth-order valence-corrected chi connectivity index (χ4v) is 3.46. The van der Waals surface area contributed by atoms with E-state index >= 15 is 0 Å². The minimum absolute atomic E-state index is 0.0298. The minimum atomic E-state index is -0.504. The molecule has 3 rings (SSSR count). The third kappa shape index (κ3) is 4.95. The lowest BCUT2D eigenvalue weighted by Crippen LogP contribution is -2.38. The molecule has 0 fully saturated rings. The Labute approximate surface area is 168 Å². The van der Waals surface area contributed by atoms with E-state index in [1.54, 1.807) is 17.0 Å². The second kappa shape index (κ2) is 9.46. The molecule has 2 aromatic carbocycles. The fraction of sp³-hybridized carbons (Fsp3) is 0.273. The van der Waals surface area contributed by atoms with Crippen LogP contribution in [0.2, 0.25) is 0 Å². The van der Waals surface area contributed by atoms with Crippen molar-refractivity contribution in [1.29, 1.82) is 0 Å². The van der Waals surface area contributed by atoms with Crippen LogP contribution < -0.4 is 4.74 Å². The van der Waals surface area contributed by atoms with Crippen molar-refractivity contribution < 1.29 is 13.9 Å². The lowest BCUT2D eigenvalue weighted by molar-refractivity contribution is 0.0664. The normalized spacial score (nSPS) is 11.8. The predicted molar refractivity (Wildman–Crippen MR) is 109 cm³/mol. The van der Waals surface area contributed by atoms with Gasteiger partial charge >= 0.3 is 0 Å². The molecule has 0 spiro atoms. The Balaban J connectivity index is 1.70. The molecule has 3 aromatic rings. The van der Waals surface area contributed by atoms with Gasteiger partial charge in [-0.05, 0) is 37.6 Å². The number of thiazole rings is 1. The molecule has 1 amide bonds. The van der Waals surface area contributed by atoms with Crippen molar-refractivity contribution in [1.82, 2.24) is 9.88 Å². The van der Waals surface area contributed by atoms with Gasteiger partial charge < -0.3 is 9.64 Å². The largest absolute Gasteiger partial charge is 0.486 e. The topological polar surface area (TPSA) is 42.4 Å². The van der Waals surface area contributed by atoms with Gasteiger partial charge in [0.15, 0.2) is 0 Å². The van der Waals surface area contributed by atoms with Crippen molar-refractivity contribution in [2.45, 2.75) is 39.5 Å². The zero-order valence-corrected chi connectivity index (χ0v) is 16.8. The van der Waals surface area contributed by atoms with Gasteiger partial charge in [0.25, 0.3) is 5.91 Å². The van der Waals surface area contributed by atoms with Crippen molar-refractivity contribution in [2.24, 2.45) is 0 Å².